The van der Waals surface area contributed by atoms with Crippen molar-refractivity contribution in [1.82, 2.24) is 0 Å². The van der Waals surface area contributed by atoms with Gasteiger partial charge in [-0.2, -0.15) is 0 Å². The molecule has 3 unspecified atom stereocenters. The predicted octanol–water partition coefficient (Wildman–Crippen LogP) is 3.96. The number of halogens is 3. The summed E-state index contributed by atoms with van der Waals surface area (Å²) in [7, 11) is 1.54. The maximum atomic E-state index is 11.6. The van der Waals surface area contributed by atoms with E-state index in [2.05, 4.69) is 0 Å². The normalized spacial score (nSPS) is 14.8. The van der Waals surface area contributed by atoms with Gasteiger partial charge in [-0.3, -0.25) is 10.2 Å². The first kappa shape index (κ1) is 29.0. The summed E-state index contributed by atoms with van der Waals surface area (Å²) in [6, 6.07) is 7.04. The monoisotopic (exact) mass is 525 g/mol. The molecule has 0 heterocycles. The van der Waals surface area contributed by atoms with E-state index in [1.54, 1.807) is 38.3 Å². The van der Waals surface area contributed by atoms with Crippen molar-refractivity contribution in [3.63, 3.8) is 0 Å². The zero-order chi connectivity index (χ0) is 25.2. The number of hydrogen-bond acceptors (Lipinski definition) is 7. The highest BCUT2D eigenvalue weighted by Crippen LogP contribution is 2.29. The molecule has 184 valence electrons. The molecule has 0 aromatic heterocycles. The van der Waals surface area contributed by atoms with E-state index >= 15 is 0 Å². The van der Waals surface area contributed by atoms with Gasteiger partial charge in [-0.15, -0.1) is 0 Å². The van der Waals surface area contributed by atoms with Gasteiger partial charge in [-0.1, -0.05) is 53.9 Å². The Morgan fingerprint density at radius 3 is 2.21 bits per heavy atom. The van der Waals surface area contributed by atoms with Gasteiger partial charge < -0.3 is 29.5 Å². The molecule has 1 aromatic carbocycles. The lowest BCUT2D eigenvalue weighted by Gasteiger charge is -2.29. The van der Waals surface area contributed by atoms with Crippen LogP contribution in [0.25, 0.3) is 0 Å². The number of aliphatic hydroxyl groups is 1. The minimum Gasteiger partial charge on any atom is -0.497 e. The molecule has 1 aromatic rings. The number of aliphatic carboxylic acids is 2. The summed E-state index contributed by atoms with van der Waals surface area (Å²) in [6.07, 6.45) is -3.31. The van der Waals surface area contributed by atoms with Crippen molar-refractivity contribution in [2.45, 2.75) is 54.9 Å². The number of alkyl halides is 3. The van der Waals surface area contributed by atoms with Gasteiger partial charge in [-0.25, -0.2) is 4.79 Å². The molecule has 9 nitrogen and oxygen atoms in total. The van der Waals surface area contributed by atoms with E-state index in [4.69, 9.17) is 59.5 Å². The topological polar surface area (TPSA) is 146 Å². The Bertz CT molecular complexity index is 839. The molecule has 0 spiro atoms. The number of nitrogens with one attached hydrogen (secondary N) is 1. The van der Waals surface area contributed by atoms with Gasteiger partial charge in [0.2, 0.25) is 5.90 Å². The number of carbonyl (C=O) groups is 2. The maximum Gasteiger partial charge on any atom is 0.331 e. The fourth-order valence-electron chi connectivity index (χ4n) is 2.70. The molecule has 0 aliphatic carbocycles. The summed E-state index contributed by atoms with van der Waals surface area (Å²) in [5, 5.41) is 37.0. The second-order valence-corrected chi connectivity index (χ2v) is 9.18. The van der Waals surface area contributed by atoms with Gasteiger partial charge in [0.05, 0.1) is 19.8 Å². The van der Waals surface area contributed by atoms with Crippen molar-refractivity contribution in [3.8, 4) is 5.75 Å². The fourth-order valence-corrected chi connectivity index (χ4v) is 2.83. The quantitative estimate of drug-likeness (QED) is 0.131. The number of hydrogen-bond donors (Lipinski definition) is 4. The maximum absolute atomic E-state index is 11.6. The van der Waals surface area contributed by atoms with Crippen LogP contribution >= 0.6 is 34.8 Å². The molecule has 0 saturated heterocycles. The van der Waals surface area contributed by atoms with Crippen LogP contribution in [0, 0.1) is 5.41 Å². The molecule has 33 heavy (non-hydrogen) atoms. The molecule has 0 bridgehead atoms. The number of rotatable bonds is 13. The minimum absolute atomic E-state index is 0.114. The average molecular weight is 527 g/mol. The lowest BCUT2D eigenvalue weighted by molar-refractivity contribution is -0.137. The number of carboxylic acid groups (broad SMARTS) is 2. The Labute approximate surface area is 206 Å². The van der Waals surface area contributed by atoms with E-state index in [0.29, 0.717) is 12.2 Å². The SMILES string of the molecule is CCC(OCc1ccc(OC)cc1)C(O)C(/C=C(\CCC(=O)O)C(=O)O)OC(=N)C(Cl)(Cl)Cl. The Kier molecular flexibility index (Phi) is 12.0. The summed E-state index contributed by atoms with van der Waals surface area (Å²) < 4.78 is 13.9. The molecule has 3 atom stereocenters. The van der Waals surface area contributed by atoms with Crippen LogP contribution in [0.5, 0.6) is 5.75 Å². The van der Waals surface area contributed by atoms with E-state index in [9.17, 15) is 19.8 Å². The third-order valence-electron chi connectivity index (χ3n) is 4.50. The fraction of sp³-hybridized carbons (Fsp3) is 0.476. The molecule has 0 aliphatic heterocycles. The van der Waals surface area contributed by atoms with E-state index in [-0.39, 0.29) is 18.6 Å². The summed E-state index contributed by atoms with van der Waals surface area (Å²) >= 11 is 17.0. The molecule has 0 aliphatic rings. The predicted molar refractivity (Wildman–Crippen MR) is 123 cm³/mol. The number of carboxylic acids is 2. The van der Waals surface area contributed by atoms with Crippen LogP contribution in [0.3, 0.4) is 0 Å². The summed E-state index contributed by atoms with van der Waals surface area (Å²) in [5.41, 5.74) is 0.444. The van der Waals surface area contributed by atoms with Gasteiger partial charge in [0.25, 0.3) is 3.79 Å². The zero-order valence-electron chi connectivity index (χ0n) is 18.0. The van der Waals surface area contributed by atoms with Crippen molar-refractivity contribution in [2.75, 3.05) is 7.11 Å². The molecule has 12 heteroatoms. The van der Waals surface area contributed by atoms with Crippen LogP contribution in [0.4, 0.5) is 0 Å². The third-order valence-corrected chi connectivity index (χ3v) is 5.02. The molecular formula is C21H26Cl3NO8. The molecule has 0 fully saturated rings. The molecule has 0 amide bonds. The smallest absolute Gasteiger partial charge is 0.331 e. The standard InChI is InChI=1S/C21H26Cl3NO8/c1-3-15(32-11-12-4-7-14(31-2)8-5-12)18(28)16(33-20(25)21(22,23)24)10-13(19(29)30)6-9-17(26)27/h4-5,7-8,10,15-16,18,25,28H,3,6,9,11H2,1-2H3,(H,26,27)(H,29,30)/b13-10+,25-20?. The number of methoxy groups -OCH3 is 1. The van der Waals surface area contributed by atoms with Crippen molar-refractivity contribution in [1.29, 1.82) is 5.41 Å². The molecule has 0 saturated carbocycles. The van der Waals surface area contributed by atoms with E-state index in [0.717, 1.165) is 11.6 Å². The van der Waals surface area contributed by atoms with Crippen molar-refractivity contribution >= 4 is 52.6 Å². The number of benzene rings is 1. The summed E-state index contributed by atoms with van der Waals surface area (Å²) in [5.74, 6) is -2.80. The van der Waals surface area contributed by atoms with Gasteiger partial charge in [0.1, 0.15) is 18.0 Å². The minimum atomic E-state index is -2.26. The van der Waals surface area contributed by atoms with Crippen molar-refractivity contribution in [2.24, 2.45) is 0 Å². The Morgan fingerprint density at radius 1 is 1.15 bits per heavy atom. The summed E-state index contributed by atoms with van der Waals surface area (Å²) in [4.78, 5) is 22.4. The van der Waals surface area contributed by atoms with Crippen LogP contribution < -0.4 is 4.74 Å². The Morgan fingerprint density at radius 2 is 1.76 bits per heavy atom. The first-order valence-corrected chi connectivity index (χ1v) is 10.9. The second-order valence-electron chi connectivity index (χ2n) is 6.90. The van der Waals surface area contributed by atoms with Crippen LogP contribution in [0.1, 0.15) is 31.7 Å². The number of aliphatic hydroxyl groups excluding tert-OH is 1. The highest BCUT2D eigenvalue weighted by molar-refractivity contribution is 6.76. The van der Waals surface area contributed by atoms with Crippen LogP contribution in [-0.2, 0) is 25.7 Å². The largest absolute Gasteiger partial charge is 0.497 e. The number of ether oxygens (including phenoxy) is 3. The highest BCUT2D eigenvalue weighted by Gasteiger charge is 2.35. The average Bonchev–Trinajstić information content (AvgIpc) is 2.75. The molecule has 4 N–H and O–H groups in total. The van der Waals surface area contributed by atoms with Crippen LogP contribution in [0.15, 0.2) is 35.9 Å². The first-order valence-electron chi connectivity index (χ1n) is 9.79. The van der Waals surface area contributed by atoms with Gasteiger partial charge in [-0.05, 0) is 36.6 Å². The lowest BCUT2D eigenvalue weighted by Crippen LogP contribution is -2.42. The van der Waals surface area contributed by atoms with E-state index < -0.39 is 46.4 Å². The lowest BCUT2D eigenvalue weighted by atomic mass is 10.0. The second kappa shape index (κ2) is 13.6. The van der Waals surface area contributed by atoms with Crippen molar-refractivity contribution < 1.29 is 39.1 Å². The summed E-state index contributed by atoms with van der Waals surface area (Å²) in [6.45, 7) is 1.84. The zero-order valence-corrected chi connectivity index (χ0v) is 20.2. The van der Waals surface area contributed by atoms with Crippen molar-refractivity contribution in [3.05, 3.63) is 41.5 Å². The first-order chi connectivity index (χ1) is 15.4. The molecule has 1 rings (SSSR count). The van der Waals surface area contributed by atoms with Crippen LogP contribution in [0.2, 0.25) is 0 Å². The van der Waals surface area contributed by atoms with Gasteiger partial charge in [0.15, 0.2) is 0 Å². The Hall–Kier alpha value is -2.04. The van der Waals surface area contributed by atoms with Gasteiger partial charge in [0, 0.05) is 12.0 Å². The third kappa shape index (κ3) is 10.2. The molecular weight excluding hydrogens is 501 g/mol. The van der Waals surface area contributed by atoms with E-state index in [1.165, 1.54) is 0 Å². The Balaban J connectivity index is 3.12. The molecule has 0 radical (unpaired) electrons. The van der Waals surface area contributed by atoms with Crippen LogP contribution in [-0.4, -0.2) is 62.4 Å². The highest BCUT2D eigenvalue weighted by atomic mass is 35.6. The van der Waals surface area contributed by atoms with E-state index in [1.807, 2.05) is 0 Å². The van der Waals surface area contributed by atoms with Gasteiger partial charge >= 0.3 is 11.9 Å².